The summed E-state index contributed by atoms with van der Waals surface area (Å²) in [5.74, 6) is -0.247. The first-order chi connectivity index (χ1) is 9.20. The number of rotatable bonds is 5. The number of carbonyl (C=O) groups is 1. The summed E-state index contributed by atoms with van der Waals surface area (Å²) in [5.41, 5.74) is 0.823. The molecule has 0 saturated carbocycles. The standard InChI is InChI=1S/C13H19N3O3/c1-2-19-8-11-6-12(15-9-14-11)16-5-3-4-10(7-16)13(17)18/h6,9-10H,2-5,7-8H2,1H3,(H,17,18). The van der Waals surface area contributed by atoms with E-state index in [2.05, 4.69) is 9.97 Å². The van der Waals surface area contributed by atoms with Crippen LogP contribution in [-0.2, 0) is 16.1 Å². The quantitative estimate of drug-likeness (QED) is 0.865. The molecule has 6 nitrogen and oxygen atoms in total. The zero-order chi connectivity index (χ0) is 13.7. The number of hydrogen-bond acceptors (Lipinski definition) is 5. The van der Waals surface area contributed by atoms with Crippen molar-refractivity contribution in [1.29, 1.82) is 0 Å². The summed E-state index contributed by atoms with van der Waals surface area (Å²) < 4.78 is 5.32. The number of piperidine rings is 1. The van der Waals surface area contributed by atoms with Gasteiger partial charge in [0.1, 0.15) is 12.1 Å². The molecular formula is C13H19N3O3. The molecule has 1 aromatic heterocycles. The molecule has 1 aliphatic rings. The van der Waals surface area contributed by atoms with E-state index in [1.54, 1.807) is 0 Å². The maximum Gasteiger partial charge on any atom is 0.308 e. The van der Waals surface area contributed by atoms with Crippen LogP contribution < -0.4 is 4.90 Å². The molecule has 1 atom stereocenters. The average Bonchev–Trinajstić information content (AvgIpc) is 2.45. The van der Waals surface area contributed by atoms with Crippen LogP contribution >= 0.6 is 0 Å². The van der Waals surface area contributed by atoms with Gasteiger partial charge < -0.3 is 14.7 Å². The lowest BCUT2D eigenvalue weighted by molar-refractivity contribution is -0.141. The number of ether oxygens (including phenoxy) is 1. The highest BCUT2D eigenvalue weighted by Crippen LogP contribution is 2.22. The molecule has 1 aliphatic heterocycles. The van der Waals surface area contributed by atoms with E-state index in [-0.39, 0.29) is 5.92 Å². The maximum atomic E-state index is 11.1. The van der Waals surface area contributed by atoms with Crippen LogP contribution in [-0.4, -0.2) is 40.7 Å². The van der Waals surface area contributed by atoms with Crippen molar-refractivity contribution < 1.29 is 14.6 Å². The maximum absolute atomic E-state index is 11.1. The fourth-order valence-electron chi connectivity index (χ4n) is 2.23. The minimum absolute atomic E-state index is 0.306. The largest absolute Gasteiger partial charge is 0.481 e. The van der Waals surface area contributed by atoms with Crippen LogP contribution in [0.1, 0.15) is 25.5 Å². The van der Waals surface area contributed by atoms with E-state index in [4.69, 9.17) is 9.84 Å². The molecule has 0 spiro atoms. The Balaban J connectivity index is 2.06. The first kappa shape index (κ1) is 13.7. The second-order valence-electron chi connectivity index (χ2n) is 4.63. The molecule has 1 N–H and O–H groups in total. The lowest BCUT2D eigenvalue weighted by Gasteiger charge is -2.31. The summed E-state index contributed by atoms with van der Waals surface area (Å²) >= 11 is 0. The minimum atomic E-state index is -0.728. The van der Waals surface area contributed by atoms with E-state index in [1.165, 1.54) is 6.33 Å². The van der Waals surface area contributed by atoms with Crippen molar-refractivity contribution in [3.05, 3.63) is 18.1 Å². The number of hydrogen-bond donors (Lipinski definition) is 1. The predicted octanol–water partition coefficient (Wildman–Crippen LogP) is 1.31. The van der Waals surface area contributed by atoms with Crippen LogP contribution in [0.25, 0.3) is 0 Å². The molecule has 2 rings (SSSR count). The Labute approximate surface area is 112 Å². The highest BCUT2D eigenvalue weighted by molar-refractivity contribution is 5.71. The van der Waals surface area contributed by atoms with Crippen molar-refractivity contribution in [2.75, 3.05) is 24.6 Å². The zero-order valence-corrected chi connectivity index (χ0v) is 11.1. The topological polar surface area (TPSA) is 75.5 Å². The Morgan fingerprint density at radius 1 is 1.58 bits per heavy atom. The van der Waals surface area contributed by atoms with Gasteiger partial charge in [-0.25, -0.2) is 9.97 Å². The zero-order valence-electron chi connectivity index (χ0n) is 11.1. The normalized spacial score (nSPS) is 19.4. The number of nitrogens with zero attached hydrogens (tertiary/aromatic N) is 3. The third-order valence-electron chi connectivity index (χ3n) is 3.26. The Bertz CT molecular complexity index is 439. The predicted molar refractivity (Wildman–Crippen MR) is 69.9 cm³/mol. The summed E-state index contributed by atoms with van der Waals surface area (Å²) in [6, 6.07) is 1.87. The first-order valence-electron chi connectivity index (χ1n) is 6.57. The van der Waals surface area contributed by atoms with Crippen molar-refractivity contribution in [2.24, 2.45) is 5.92 Å². The smallest absolute Gasteiger partial charge is 0.308 e. The number of anilines is 1. The highest BCUT2D eigenvalue weighted by atomic mass is 16.5. The summed E-state index contributed by atoms with van der Waals surface area (Å²) in [6.45, 7) is 4.39. The van der Waals surface area contributed by atoms with Gasteiger partial charge in [0.15, 0.2) is 0 Å². The fourth-order valence-corrected chi connectivity index (χ4v) is 2.23. The van der Waals surface area contributed by atoms with Crippen molar-refractivity contribution in [1.82, 2.24) is 9.97 Å². The third kappa shape index (κ3) is 3.64. The van der Waals surface area contributed by atoms with Gasteiger partial charge in [0.25, 0.3) is 0 Å². The Morgan fingerprint density at radius 2 is 2.42 bits per heavy atom. The summed E-state index contributed by atoms with van der Waals surface area (Å²) in [7, 11) is 0. The molecule has 1 unspecified atom stereocenters. The van der Waals surface area contributed by atoms with Crippen LogP contribution in [0.2, 0.25) is 0 Å². The molecule has 0 aromatic carbocycles. The van der Waals surface area contributed by atoms with E-state index in [0.717, 1.165) is 30.9 Å². The molecule has 0 bridgehead atoms. The van der Waals surface area contributed by atoms with Gasteiger partial charge in [0.05, 0.1) is 18.2 Å². The molecule has 0 radical (unpaired) electrons. The Morgan fingerprint density at radius 3 is 3.16 bits per heavy atom. The molecule has 0 aliphatic carbocycles. The van der Waals surface area contributed by atoms with Gasteiger partial charge in [-0.15, -0.1) is 0 Å². The molecule has 19 heavy (non-hydrogen) atoms. The van der Waals surface area contributed by atoms with Crippen molar-refractivity contribution in [3.63, 3.8) is 0 Å². The van der Waals surface area contributed by atoms with Crippen LogP contribution in [0.5, 0.6) is 0 Å². The molecule has 104 valence electrons. The van der Waals surface area contributed by atoms with E-state index in [1.807, 2.05) is 17.9 Å². The SMILES string of the molecule is CCOCc1cc(N2CCCC(C(=O)O)C2)ncn1. The van der Waals surface area contributed by atoms with Gasteiger partial charge in [-0.05, 0) is 19.8 Å². The van der Waals surface area contributed by atoms with E-state index in [9.17, 15) is 4.79 Å². The molecule has 1 fully saturated rings. The molecule has 1 aromatic rings. The summed E-state index contributed by atoms with van der Waals surface area (Å²) in [6.07, 6.45) is 3.12. The Hall–Kier alpha value is -1.69. The summed E-state index contributed by atoms with van der Waals surface area (Å²) in [4.78, 5) is 21.5. The first-order valence-corrected chi connectivity index (χ1v) is 6.57. The van der Waals surface area contributed by atoms with Crippen LogP contribution in [0.4, 0.5) is 5.82 Å². The van der Waals surface area contributed by atoms with E-state index < -0.39 is 5.97 Å². The molecule has 2 heterocycles. The van der Waals surface area contributed by atoms with Gasteiger partial charge in [-0.1, -0.05) is 0 Å². The lowest BCUT2D eigenvalue weighted by atomic mass is 9.98. The average molecular weight is 265 g/mol. The van der Waals surface area contributed by atoms with Crippen LogP contribution in [0.3, 0.4) is 0 Å². The fraction of sp³-hybridized carbons (Fsp3) is 0.615. The van der Waals surface area contributed by atoms with Crippen LogP contribution in [0, 0.1) is 5.92 Å². The number of carboxylic acid groups (broad SMARTS) is 1. The number of aromatic nitrogens is 2. The second kappa shape index (κ2) is 6.47. The van der Waals surface area contributed by atoms with Gasteiger partial charge >= 0.3 is 5.97 Å². The van der Waals surface area contributed by atoms with Crippen molar-refractivity contribution in [3.8, 4) is 0 Å². The monoisotopic (exact) mass is 265 g/mol. The van der Waals surface area contributed by atoms with Crippen LogP contribution in [0.15, 0.2) is 12.4 Å². The second-order valence-corrected chi connectivity index (χ2v) is 4.63. The third-order valence-corrected chi connectivity index (χ3v) is 3.26. The molecular weight excluding hydrogens is 246 g/mol. The van der Waals surface area contributed by atoms with E-state index in [0.29, 0.717) is 19.8 Å². The molecule has 1 saturated heterocycles. The highest BCUT2D eigenvalue weighted by Gasteiger charge is 2.26. The molecule has 0 amide bonds. The van der Waals surface area contributed by atoms with Gasteiger partial charge in [-0.3, -0.25) is 4.79 Å². The van der Waals surface area contributed by atoms with Gasteiger partial charge in [0.2, 0.25) is 0 Å². The number of aliphatic carboxylic acids is 1. The Kier molecular flexibility index (Phi) is 4.68. The lowest BCUT2D eigenvalue weighted by Crippen LogP contribution is -2.39. The van der Waals surface area contributed by atoms with Gasteiger partial charge in [-0.2, -0.15) is 0 Å². The summed E-state index contributed by atoms with van der Waals surface area (Å²) in [5, 5.41) is 9.09. The van der Waals surface area contributed by atoms with Gasteiger partial charge in [0, 0.05) is 25.8 Å². The minimum Gasteiger partial charge on any atom is -0.481 e. The van der Waals surface area contributed by atoms with Crippen molar-refractivity contribution in [2.45, 2.75) is 26.4 Å². The molecule has 6 heteroatoms. The van der Waals surface area contributed by atoms with Crippen molar-refractivity contribution >= 4 is 11.8 Å². The number of carboxylic acids is 1. The van der Waals surface area contributed by atoms with E-state index >= 15 is 0 Å².